The molecule has 0 aliphatic rings. The quantitative estimate of drug-likeness (QED) is 0.506. The molecule has 2 rings (SSSR count). The Labute approximate surface area is 172 Å². The van der Waals surface area contributed by atoms with E-state index in [2.05, 4.69) is 5.32 Å². The van der Waals surface area contributed by atoms with E-state index in [1.54, 1.807) is 18.2 Å². The standard InChI is InChI=1S/C21H21FN2O6/c1-3-29-17-10-8-14(12-18(17)28-2)9-11-20(26)30-13-19(25)24-21(27)23-16-7-5-4-6-15(16)22/h4-12H,3,13H2,1-2H3,(H2,23,24,25,27)/b11-9+. The van der Waals surface area contributed by atoms with Crippen molar-refractivity contribution >= 4 is 29.7 Å². The fourth-order valence-electron chi connectivity index (χ4n) is 2.29. The first kappa shape index (κ1) is 22.4. The number of halogens is 1. The molecular formula is C21H21FN2O6. The van der Waals surface area contributed by atoms with Gasteiger partial charge in [0.25, 0.3) is 5.91 Å². The van der Waals surface area contributed by atoms with E-state index < -0.39 is 30.3 Å². The molecule has 0 radical (unpaired) electrons. The van der Waals surface area contributed by atoms with Crippen LogP contribution in [0.25, 0.3) is 6.08 Å². The molecule has 0 saturated carbocycles. The van der Waals surface area contributed by atoms with Crippen molar-refractivity contribution in [1.82, 2.24) is 5.32 Å². The highest BCUT2D eigenvalue weighted by atomic mass is 19.1. The highest BCUT2D eigenvalue weighted by Crippen LogP contribution is 2.28. The van der Waals surface area contributed by atoms with Crippen LogP contribution in [0.1, 0.15) is 12.5 Å². The summed E-state index contributed by atoms with van der Waals surface area (Å²) in [5.41, 5.74) is 0.564. The van der Waals surface area contributed by atoms with E-state index in [1.165, 1.54) is 31.4 Å². The molecule has 2 N–H and O–H groups in total. The number of anilines is 1. The Balaban J connectivity index is 1.81. The summed E-state index contributed by atoms with van der Waals surface area (Å²) in [7, 11) is 1.50. The van der Waals surface area contributed by atoms with E-state index in [0.29, 0.717) is 23.7 Å². The molecule has 158 valence electrons. The normalized spacial score (nSPS) is 10.4. The zero-order valence-corrected chi connectivity index (χ0v) is 16.4. The van der Waals surface area contributed by atoms with Crippen LogP contribution in [0.4, 0.5) is 14.9 Å². The molecule has 9 heteroatoms. The molecule has 0 bridgehead atoms. The molecule has 8 nitrogen and oxygen atoms in total. The van der Waals surface area contributed by atoms with E-state index in [1.807, 2.05) is 12.2 Å². The van der Waals surface area contributed by atoms with Gasteiger partial charge >= 0.3 is 12.0 Å². The predicted molar refractivity (Wildman–Crippen MR) is 108 cm³/mol. The number of methoxy groups -OCH3 is 1. The number of esters is 1. The Morgan fingerprint density at radius 1 is 1.10 bits per heavy atom. The monoisotopic (exact) mass is 416 g/mol. The molecule has 0 fully saturated rings. The van der Waals surface area contributed by atoms with Gasteiger partial charge < -0.3 is 19.5 Å². The summed E-state index contributed by atoms with van der Waals surface area (Å²) in [6, 6.07) is 9.62. The Morgan fingerprint density at radius 3 is 2.57 bits per heavy atom. The van der Waals surface area contributed by atoms with E-state index >= 15 is 0 Å². The van der Waals surface area contributed by atoms with Gasteiger partial charge in [-0.1, -0.05) is 18.2 Å². The minimum absolute atomic E-state index is 0.0893. The van der Waals surface area contributed by atoms with Crippen LogP contribution < -0.4 is 20.1 Å². The zero-order chi connectivity index (χ0) is 21.9. The van der Waals surface area contributed by atoms with Gasteiger partial charge in [0.1, 0.15) is 5.82 Å². The molecule has 0 aliphatic heterocycles. The number of ether oxygens (including phenoxy) is 3. The summed E-state index contributed by atoms with van der Waals surface area (Å²) >= 11 is 0. The Kier molecular flexibility index (Phi) is 8.37. The van der Waals surface area contributed by atoms with Crippen molar-refractivity contribution in [3.05, 3.63) is 59.9 Å². The third-order valence-electron chi connectivity index (χ3n) is 3.62. The lowest BCUT2D eigenvalue weighted by atomic mass is 10.2. The molecular weight excluding hydrogens is 395 g/mol. The van der Waals surface area contributed by atoms with Crippen molar-refractivity contribution in [2.24, 2.45) is 0 Å². The summed E-state index contributed by atoms with van der Waals surface area (Å²) in [4.78, 5) is 35.1. The number of hydrogen-bond acceptors (Lipinski definition) is 6. The van der Waals surface area contributed by atoms with Gasteiger partial charge in [-0.05, 0) is 42.8 Å². The van der Waals surface area contributed by atoms with Crippen molar-refractivity contribution in [3.8, 4) is 11.5 Å². The molecule has 30 heavy (non-hydrogen) atoms. The van der Waals surface area contributed by atoms with Gasteiger partial charge in [0.2, 0.25) is 0 Å². The van der Waals surface area contributed by atoms with Gasteiger partial charge in [0.05, 0.1) is 19.4 Å². The minimum Gasteiger partial charge on any atom is -0.493 e. The zero-order valence-electron chi connectivity index (χ0n) is 16.4. The second-order valence-corrected chi connectivity index (χ2v) is 5.77. The largest absolute Gasteiger partial charge is 0.493 e. The topological polar surface area (TPSA) is 103 Å². The third-order valence-corrected chi connectivity index (χ3v) is 3.62. The SMILES string of the molecule is CCOc1ccc(/C=C/C(=O)OCC(=O)NC(=O)Nc2ccccc2F)cc1OC. The first-order valence-electron chi connectivity index (χ1n) is 8.94. The minimum atomic E-state index is -0.946. The van der Waals surface area contributed by atoms with Crippen molar-refractivity contribution < 1.29 is 33.0 Å². The van der Waals surface area contributed by atoms with Gasteiger partial charge in [-0.2, -0.15) is 0 Å². The van der Waals surface area contributed by atoms with Crippen LogP contribution in [0.2, 0.25) is 0 Å². The van der Waals surface area contributed by atoms with Crippen LogP contribution >= 0.6 is 0 Å². The Bertz CT molecular complexity index is 945. The van der Waals surface area contributed by atoms with E-state index in [9.17, 15) is 18.8 Å². The number of urea groups is 1. The van der Waals surface area contributed by atoms with Crippen molar-refractivity contribution in [2.45, 2.75) is 6.92 Å². The van der Waals surface area contributed by atoms with Gasteiger partial charge in [-0.25, -0.2) is 14.0 Å². The van der Waals surface area contributed by atoms with Gasteiger partial charge in [-0.3, -0.25) is 10.1 Å². The van der Waals surface area contributed by atoms with Crippen LogP contribution in [-0.4, -0.2) is 38.2 Å². The smallest absolute Gasteiger partial charge is 0.331 e. The molecule has 0 unspecified atom stereocenters. The predicted octanol–water partition coefficient (Wildman–Crippen LogP) is 3.14. The fourth-order valence-corrected chi connectivity index (χ4v) is 2.29. The summed E-state index contributed by atoms with van der Waals surface area (Å²) in [6.07, 6.45) is 2.60. The van der Waals surface area contributed by atoms with Crippen molar-refractivity contribution in [1.29, 1.82) is 0 Å². The summed E-state index contributed by atoms with van der Waals surface area (Å²) in [6.45, 7) is 1.65. The lowest BCUT2D eigenvalue weighted by Crippen LogP contribution is -2.37. The van der Waals surface area contributed by atoms with E-state index in [0.717, 1.165) is 12.1 Å². The van der Waals surface area contributed by atoms with Crippen molar-refractivity contribution in [3.63, 3.8) is 0 Å². The molecule has 2 aromatic rings. The molecule has 0 aliphatic carbocycles. The second kappa shape index (κ2) is 11.2. The average molecular weight is 416 g/mol. The van der Waals surface area contributed by atoms with E-state index in [-0.39, 0.29) is 5.69 Å². The van der Waals surface area contributed by atoms with E-state index in [4.69, 9.17) is 14.2 Å². The number of hydrogen-bond donors (Lipinski definition) is 2. The third kappa shape index (κ3) is 6.93. The number of para-hydroxylation sites is 1. The number of benzene rings is 2. The van der Waals surface area contributed by atoms with Crippen LogP contribution in [0.3, 0.4) is 0 Å². The lowest BCUT2D eigenvalue weighted by molar-refractivity contribution is -0.143. The number of imide groups is 1. The highest BCUT2D eigenvalue weighted by molar-refractivity contribution is 6.02. The molecule has 0 atom stereocenters. The lowest BCUT2D eigenvalue weighted by Gasteiger charge is -2.09. The molecule has 3 amide bonds. The Hall–Kier alpha value is -3.88. The summed E-state index contributed by atoms with van der Waals surface area (Å²) in [5, 5.41) is 4.11. The molecule has 2 aromatic carbocycles. The fraction of sp³-hybridized carbons (Fsp3) is 0.190. The van der Waals surface area contributed by atoms with Gasteiger partial charge in [0.15, 0.2) is 18.1 Å². The first-order chi connectivity index (χ1) is 14.4. The molecule has 0 heterocycles. The Morgan fingerprint density at radius 2 is 1.87 bits per heavy atom. The van der Waals surface area contributed by atoms with Crippen molar-refractivity contribution in [2.75, 3.05) is 25.6 Å². The number of nitrogens with one attached hydrogen (secondary N) is 2. The van der Waals surface area contributed by atoms with Crippen LogP contribution in [0.15, 0.2) is 48.5 Å². The number of carbonyl (C=O) groups excluding carboxylic acids is 3. The summed E-state index contributed by atoms with van der Waals surface area (Å²) in [5.74, 6) is -1.22. The average Bonchev–Trinajstić information content (AvgIpc) is 2.73. The number of rotatable bonds is 8. The van der Waals surface area contributed by atoms with Crippen LogP contribution in [-0.2, 0) is 14.3 Å². The van der Waals surface area contributed by atoms with Gasteiger partial charge in [-0.15, -0.1) is 0 Å². The highest BCUT2D eigenvalue weighted by Gasteiger charge is 2.11. The first-order valence-corrected chi connectivity index (χ1v) is 8.94. The van der Waals surface area contributed by atoms with Crippen LogP contribution in [0, 0.1) is 5.82 Å². The maximum Gasteiger partial charge on any atom is 0.331 e. The molecule has 0 saturated heterocycles. The maximum atomic E-state index is 13.5. The van der Waals surface area contributed by atoms with Crippen LogP contribution in [0.5, 0.6) is 11.5 Å². The summed E-state index contributed by atoms with van der Waals surface area (Å²) < 4.78 is 28.9. The molecule has 0 aromatic heterocycles. The molecule has 0 spiro atoms. The maximum absolute atomic E-state index is 13.5. The number of amides is 3. The second-order valence-electron chi connectivity index (χ2n) is 5.77. The van der Waals surface area contributed by atoms with Gasteiger partial charge in [0, 0.05) is 6.08 Å². The number of carbonyl (C=O) groups is 3.